The zero-order chi connectivity index (χ0) is 13.0. The molecular weight excluding hydrogens is 253 g/mol. The molecule has 0 fully saturated rings. The van der Waals surface area contributed by atoms with Crippen molar-refractivity contribution in [2.24, 2.45) is 0 Å². The first-order valence-corrected chi connectivity index (χ1v) is 6.57. The summed E-state index contributed by atoms with van der Waals surface area (Å²) in [6.45, 7) is 2.00. The Hall–Kier alpha value is -1.46. The molecule has 3 nitrogen and oxygen atoms in total. The summed E-state index contributed by atoms with van der Waals surface area (Å²) >= 11 is 1.56. The highest BCUT2D eigenvalue weighted by Crippen LogP contribution is 2.24. The number of aliphatic hydroxyl groups is 1. The summed E-state index contributed by atoms with van der Waals surface area (Å²) in [5, 5.41) is 12.1. The Kier molecular flexibility index (Phi) is 4.28. The van der Waals surface area contributed by atoms with Crippen LogP contribution in [0.4, 0.5) is 4.39 Å². The minimum absolute atomic E-state index is 0.103. The van der Waals surface area contributed by atoms with Gasteiger partial charge in [-0.2, -0.15) is 0 Å². The summed E-state index contributed by atoms with van der Waals surface area (Å²) < 4.78 is 19.0. The van der Waals surface area contributed by atoms with Gasteiger partial charge in [-0.3, -0.25) is 0 Å². The van der Waals surface area contributed by atoms with Gasteiger partial charge < -0.3 is 9.84 Å². The zero-order valence-corrected chi connectivity index (χ0v) is 10.8. The summed E-state index contributed by atoms with van der Waals surface area (Å²) in [6, 6.07) is 4.50. The van der Waals surface area contributed by atoms with E-state index in [0.717, 1.165) is 17.1 Å². The lowest BCUT2D eigenvalue weighted by Crippen LogP contribution is -2.01. The predicted octanol–water partition coefficient (Wildman–Crippen LogP) is 2.92. The van der Waals surface area contributed by atoms with Gasteiger partial charge in [0.25, 0.3) is 0 Å². The minimum Gasteiger partial charge on any atom is -0.484 e. The summed E-state index contributed by atoms with van der Waals surface area (Å²) in [6.07, 6.45) is 0.881. The molecule has 18 heavy (non-hydrogen) atoms. The van der Waals surface area contributed by atoms with E-state index < -0.39 is 5.82 Å². The van der Waals surface area contributed by atoms with Gasteiger partial charge in [-0.1, -0.05) is 19.1 Å². The van der Waals surface area contributed by atoms with E-state index in [9.17, 15) is 4.39 Å². The average Bonchev–Trinajstić information content (AvgIpc) is 2.85. The van der Waals surface area contributed by atoms with E-state index in [1.54, 1.807) is 23.5 Å². The standard InChI is InChI=1S/C13H14FNO2S/c1-2-12-15-10(8-18-12)7-17-13-9(6-16)4-3-5-11(13)14/h3-5,8,16H,2,6-7H2,1H3. The maximum atomic E-state index is 13.6. The molecule has 2 aromatic rings. The maximum absolute atomic E-state index is 13.6. The van der Waals surface area contributed by atoms with Gasteiger partial charge in [0.1, 0.15) is 6.61 Å². The highest BCUT2D eigenvalue weighted by atomic mass is 32.1. The number of para-hydroxylation sites is 1. The van der Waals surface area contributed by atoms with Crippen LogP contribution in [0.2, 0.25) is 0 Å². The van der Waals surface area contributed by atoms with Crippen molar-refractivity contribution in [3.8, 4) is 5.75 Å². The maximum Gasteiger partial charge on any atom is 0.165 e. The highest BCUT2D eigenvalue weighted by molar-refractivity contribution is 7.09. The summed E-state index contributed by atoms with van der Waals surface area (Å²) in [5.41, 5.74) is 1.23. The summed E-state index contributed by atoms with van der Waals surface area (Å²) in [4.78, 5) is 4.34. The van der Waals surface area contributed by atoms with Crippen molar-refractivity contribution in [3.05, 3.63) is 45.7 Å². The molecule has 0 saturated carbocycles. The number of nitrogens with zero attached hydrogens (tertiary/aromatic N) is 1. The third kappa shape index (κ3) is 2.86. The van der Waals surface area contributed by atoms with E-state index >= 15 is 0 Å². The second kappa shape index (κ2) is 5.93. The van der Waals surface area contributed by atoms with Crippen LogP contribution in [0.3, 0.4) is 0 Å². The Bertz CT molecular complexity index is 527. The number of aromatic nitrogens is 1. The molecule has 5 heteroatoms. The fourth-order valence-corrected chi connectivity index (χ4v) is 2.29. The van der Waals surface area contributed by atoms with Crippen molar-refractivity contribution in [2.45, 2.75) is 26.6 Å². The van der Waals surface area contributed by atoms with Crippen molar-refractivity contribution in [3.63, 3.8) is 0 Å². The quantitative estimate of drug-likeness (QED) is 0.905. The Morgan fingerprint density at radius 3 is 2.94 bits per heavy atom. The van der Waals surface area contributed by atoms with Gasteiger partial charge in [-0.15, -0.1) is 11.3 Å². The molecule has 0 radical (unpaired) electrons. The van der Waals surface area contributed by atoms with Gasteiger partial charge >= 0.3 is 0 Å². The Morgan fingerprint density at radius 2 is 2.28 bits per heavy atom. The molecule has 0 aliphatic heterocycles. The summed E-state index contributed by atoms with van der Waals surface area (Å²) in [5.74, 6) is -0.362. The number of thiazole rings is 1. The summed E-state index contributed by atoms with van der Waals surface area (Å²) in [7, 11) is 0. The normalized spacial score (nSPS) is 10.6. The van der Waals surface area contributed by atoms with Crippen molar-refractivity contribution < 1.29 is 14.2 Å². The highest BCUT2D eigenvalue weighted by Gasteiger charge is 2.10. The number of aliphatic hydroxyl groups excluding tert-OH is 1. The molecule has 0 spiro atoms. The molecule has 0 aliphatic rings. The number of benzene rings is 1. The number of hydrogen-bond acceptors (Lipinski definition) is 4. The van der Waals surface area contributed by atoms with E-state index in [0.29, 0.717) is 5.56 Å². The molecule has 1 heterocycles. The van der Waals surface area contributed by atoms with Crippen LogP contribution in [-0.2, 0) is 19.6 Å². The Labute approximate surface area is 109 Å². The fraction of sp³-hybridized carbons (Fsp3) is 0.308. The lowest BCUT2D eigenvalue weighted by atomic mass is 10.2. The Balaban J connectivity index is 2.10. The molecule has 0 atom stereocenters. The van der Waals surface area contributed by atoms with Gasteiger partial charge in [0.15, 0.2) is 11.6 Å². The number of ether oxygens (including phenoxy) is 1. The molecule has 1 aromatic heterocycles. The second-order valence-corrected chi connectivity index (χ2v) is 4.70. The van der Waals surface area contributed by atoms with Crippen LogP contribution in [0.25, 0.3) is 0 Å². The van der Waals surface area contributed by atoms with Crippen LogP contribution in [0.5, 0.6) is 5.75 Å². The third-order valence-corrected chi connectivity index (χ3v) is 3.53. The van der Waals surface area contributed by atoms with Crippen molar-refractivity contribution in [1.82, 2.24) is 4.98 Å². The first kappa shape index (κ1) is 13.0. The monoisotopic (exact) mass is 267 g/mol. The average molecular weight is 267 g/mol. The predicted molar refractivity (Wildman–Crippen MR) is 68.1 cm³/mol. The van der Waals surface area contributed by atoms with E-state index in [2.05, 4.69) is 4.98 Å². The molecule has 1 N–H and O–H groups in total. The first-order chi connectivity index (χ1) is 8.74. The molecule has 0 aliphatic carbocycles. The van der Waals surface area contributed by atoms with E-state index in [-0.39, 0.29) is 19.0 Å². The third-order valence-electron chi connectivity index (χ3n) is 2.49. The largest absolute Gasteiger partial charge is 0.484 e. The van der Waals surface area contributed by atoms with Crippen LogP contribution in [-0.4, -0.2) is 10.1 Å². The number of aryl methyl sites for hydroxylation is 1. The van der Waals surface area contributed by atoms with Gasteiger partial charge in [0.05, 0.1) is 17.3 Å². The number of halogens is 1. The number of hydrogen-bond donors (Lipinski definition) is 1. The molecule has 0 unspecified atom stereocenters. The molecule has 0 amide bonds. The van der Waals surface area contributed by atoms with Gasteiger partial charge in [-0.25, -0.2) is 9.37 Å². The fourth-order valence-electron chi connectivity index (χ4n) is 1.56. The van der Waals surface area contributed by atoms with Crippen LogP contribution < -0.4 is 4.74 Å². The molecule has 1 aromatic carbocycles. The van der Waals surface area contributed by atoms with Crippen LogP contribution in [0.15, 0.2) is 23.6 Å². The minimum atomic E-state index is -0.465. The van der Waals surface area contributed by atoms with Gasteiger partial charge in [0.2, 0.25) is 0 Å². The van der Waals surface area contributed by atoms with Crippen molar-refractivity contribution in [2.75, 3.05) is 0 Å². The van der Waals surface area contributed by atoms with E-state index in [1.165, 1.54) is 6.07 Å². The molecule has 0 bridgehead atoms. The van der Waals surface area contributed by atoms with Crippen LogP contribution in [0.1, 0.15) is 23.2 Å². The van der Waals surface area contributed by atoms with Crippen molar-refractivity contribution in [1.29, 1.82) is 0 Å². The lowest BCUT2D eigenvalue weighted by Gasteiger charge is -2.09. The van der Waals surface area contributed by atoms with Crippen LogP contribution in [0, 0.1) is 5.82 Å². The van der Waals surface area contributed by atoms with Gasteiger partial charge in [0, 0.05) is 10.9 Å². The molecule has 0 saturated heterocycles. The SMILES string of the molecule is CCc1nc(COc2c(F)cccc2CO)cs1. The first-order valence-electron chi connectivity index (χ1n) is 5.69. The Morgan fingerprint density at radius 1 is 1.44 bits per heavy atom. The van der Waals surface area contributed by atoms with E-state index in [4.69, 9.17) is 9.84 Å². The van der Waals surface area contributed by atoms with E-state index in [1.807, 2.05) is 12.3 Å². The smallest absolute Gasteiger partial charge is 0.165 e. The molecule has 96 valence electrons. The van der Waals surface area contributed by atoms with Gasteiger partial charge in [-0.05, 0) is 12.5 Å². The number of rotatable bonds is 5. The zero-order valence-electron chi connectivity index (χ0n) is 10.0. The van der Waals surface area contributed by atoms with Crippen LogP contribution >= 0.6 is 11.3 Å². The lowest BCUT2D eigenvalue weighted by molar-refractivity contribution is 0.250. The second-order valence-electron chi connectivity index (χ2n) is 3.76. The van der Waals surface area contributed by atoms with Crippen molar-refractivity contribution >= 4 is 11.3 Å². The molecular formula is C13H14FNO2S. The topological polar surface area (TPSA) is 42.4 Å². The molecule has 2 rings (SSSR count).